The molecule has 0 aliphatic heterocycles. The molecule has 2 heterocycles. The van der Waals surface area contributed by atoms with Crippen LogP contribution in [0.3, 0.4) is 0 Å². The quantitative estimate of drug-likeness (QED) is 0.474. The summed E-state index contributed by atoms with van der Waals surface area (Å²) in [5.74, 6) is 0.173. The van der Waals surface area contributed by atoms with Crippen molar-refractivity contribution in [2.24, 2.45) is 0 Å². The predicted octanol–water partition coefficient (Wildman–Crippen LogP) is 2.74. The van der Waals surface area contributed by atoms with Gasteiger partial charge in [-0.1, -0.05) is 12.1 Å². The molecule has 0 aliphatic rings. The van der Waals surface area contributed by atoms with Gasteiger partial charge in [0.1, 0.15) is 5.75 Å². The van der Waals surface area contributed by atoms with Gasteiger partial charge in [0.15, 0.2) is 5.13 Å². The molecule has 0 radical (unpaired) electrons. The van der Waals surface area contributed by atoms with Crippen molar-refractivity contribution in [3.63, 3.8) is 0 Å². The Kier molecular flexibility index (Phi) is 7.44. The largest absolute Gasteiger partial charge is 0.508 e. The lowest BCUT2D eigenvalue weighted by Crippen LogP contribution is -2.28. The van der Waals surface area contributed by atoms with E-state index in [1.54, 1.807) is 30.6 Å². The minimum atomic E-state index is -3.67. The van der Waals surface area contributed by atoms with Crippen LogP contribution in [0.2, 0.25) is 0 Å². The summed E-state index contributed by atoms with van der Waals surface area (Å²) in [5, 5.41) is 17.2. The topological polar surface area (TPSA) is 142 Å². The van der Waals surface area contributed by atoms with Crippen molar-refractivity contribution < 1.29 is 22.9 Å². The summed E-state index contributed by atoms with van der Waals surface area (Å²) >= 11 is 1.35. The van der Waals surface area contributed by atoms with Crippen LogP contribution in [0, 0.1) is 0 Å². The van der Waals surface area contributed by atoms with E-state index in [0.29, 0.717) is 17.9 Å². The number of benzene rings is 1. The van der Waals surface area contributed by atoms with Crippen LogP contribution in [0.4, 0.5) is 9.93 Å². The molecule has 0 atom stereocenters. The maximum Gasteiger partial charge on any atom is 0.321 e. The highest BCUT2D eigenvalue weighted by Crippen LogP contribution is 2.24. The highest BCUT2D eigenvalue weighted by Gasteiger charge is 2.07. The molecule has 0 fully saturated rings. The first-order valence-electron chi connectivity index (χ1n) is 7.82. The number of hydrogen-bond acceptors (Lipinski definition) is 7. The number of carbonyl (C=O) groups is 1. The summed E-state index contributed by atoms with van der Waals surface area (Å²) in [6.07, 6.45) is 4.11. The Labute approximate surface area is 165 Å². The van der Waals surface area contributed by atoms with Gasteiger partial charge in [-0.05, 0) is 29.8 Å². The maximum atomic E-state index is 11.9. The molecule has 2 amide bonds. The zero-order chi connectivity index (χ0) is 20.6. The summed E-state index contributed by atoms with van der Waals surface area (Å²) in [6, 6.07) is 10.1. The third-order valence-corrected chi connectivity index (χ3v) is 3.82. The summed E-state index contributed by atoms with van der Waals surface area (Å²) in [5.41, 5.74) is 2.56. The number of pyridine rings is 1. The van der Waals surface area contributed by atoms with Crippen molar-refractivity contribution in [2.75, 3.05) is 11.6 Å². The van der Waals surface area contributed by atoms with Crippen LogP contribution in [0.5, 0.6) is 5.75 Å². The van der Waals surface area contributed by atoms with E-state index in [1.165, 1.54) is 11.3 Å². The second-order valence-electron chi connectivity index (χ2n) is 5.48. The molecule has 0 saturated heterocycles. The number of phenols is 1. The molecule has 28 heavy (non-hydrogen) atoms. The van der Waals surface area contributed by atoms with Crippen LogP contribution >= 0.6 is 11.3 Å². The van der Waals surface area contributed by atoms with Crippen LogP contribution in [0.15, 0.2) is 54.2 Å². The van der Waals surface area contributed by atoms with Gasteiger partial charge >= 0.3 is 6.03 Å². The van der Waals surface area contributed by atoms with Gasteiger partial charge in [0.2, 0.25) is 0 Å². The van der Waals surface area contributed by atoms with E-state index in [9.17, 15) is 18.3 Å². The number of hydrogen-bond donors (Lipinski definition) is 4. The summed E-state index contributed by atoms with van der Waals surface area (Å²) in [7, 11) is -3.67. The number of aromatic hydroxyl groups is 1. The molecule has 2 aromatic heterocycles. The molecular formula is C17H18N4O5S2. The molecule has 1 aromatic carbocycles. The standard InChI is InChI=1S/C16H14N4O2S.CH4O3S/c21-13-3-1-2-11(8-13)9-18-15(22)20-16-19-14(10-23-16)12-4-6-17-7-5-12;1-5(2,3)4/h1-8,10,21H,9H2,(H2,18,19,20,22);1H3,(H,2,3,4). The normalized spacial score (nSPS) is 10.5. The van der Waals surface area contributed by atoms with Crippen molar-refractivity contribution in [1.29, 1.82) is 0 Å². The summed E-state index contributed by atoms with van der Waals surface area (Å²) in [4.78, 5) is 20.2. The predicted molar refractivity (Wildman–Crippen MR) is 107 cm³/mol. The Morgan fingerprint density at radius 3 is 2.54 bits per heavy atom. The van der Waals surface area contributed by atoms with Gasteiger partial charge in [-0.15, -0.1) is 11.3 Å². The first-order chi connectivity index (χ1) is 13.2. The molecule has 3 aromatic rings. The van der Waals surface area contributed by atoms with Gasteiger partial charge in [0.25, 0.3) is 10.1 Å². The Morgan fingerprint density at radius 2 is 1.89 bits per heavy atom. The van der Waals surface area contributed by atoms with Crippen LogP contribution < -0.4 is 10.6 Å². The second kappa shape index (κ2) is 9.78. The number of rotatable bonds is 4. The smallest absolute Gasteiger partial charge is 0.321 e. The fourth-order valence-electron chi connectivity index (χ4n) is 1.98. The SMILES string of the molecule is CS(=O)(=O)O.O=C(NCc1cccc(O)c1)Nc1nc(-c2ccncc2)cs1. The van der Waals surface area contributed by atoms with Crippen LogP contribution in [0.1, 0.15) is 5.56 Å². The summed E-state index contributed by atoms with van der Waals surface area (Å²) in [6.45, 7) is 0.322. The Hall–Kier alpha value is -3.02. The van der Waals surface area contributed by atoms with Gasteiger partial charge in [0, 0.05) is 29.9 Å². The van der Waals surface area contributed by atoms with E-state index in [-0.39, 0.29) is 11.8 Å². The summed E-state index contributed by atoms with van der Waals surface area (Å²) < 4.78 is 25.9. The van der Waals surface area contributed by atoms with Gasteiger partial charge in [-0.2, -0.15) is 8.42 Å². The zero-order valence-corrected chi connectivity index (χ0v) is 16.4. The van der Waals surface area contributed by atoms with Crippen molar-refractivity contribution >= 4 is 32.6 Å². The number of aromatic nitrogens is 2. The van der Waals surface area contributed by atoms with Crippen LogP contribution in [-0.4, -0.2) is 40.3 Å². The number of carbonyl (C=O) groups excluding carboxylic acids is 1. The first kappa shape index (κ1) is 21.3. The van der Waals surface area contributed by atoms with E-state index >= 15 is 0 Å². The van der Waals surface area contributed by atoms with E-state index in [0.717, 1.165) is 16.8 Å². The average molecular weight is 422 g/mol. The van der Waals surface area contributed by atoms with Crippen molar-refractivity contribution in [1.82, 2.24) is 15.3 Å². The van der Waals surface area contributed by atoms with Gasteiger partial charge in [-0.3, -0.25) is 14.9 Å². The first-order valence-corrected chi connectivity index (χ1v) is 10.5. The highest BCUT2D eigenvalue weighted by atomic mass is 32.2. The number of nitrogens with zero attached hydrogens (tertiary/aromatic N) is 2. The molecule has 4 N–H and O–H groups in total. The maximum absolute atomic E-state index is 11.9. The number of anilines is 1. The number of urea groups is 1. The van der Waals surface area contributed by atoms with Gasteiger partial charge in [0.05, 0.1) is 11.9 Å². The van der Waals surface area contributed by atoms with E-state index in [4.69, 9.17) is 4.55 Å². The minimum absolute atomic E-state index is 0.173. The third-order valence-electron chi connectivity index (χ3n) is 3.06. The molecule has 3 rings (SSSR count). The number of amides is 2. The van der Waals surface area contributed by atoms with Gasteiger partial charge in [-0.25, -0.2) is 9.78 Å². The molecule has 0 bridgehead atoms. The highest BCUT2D eigenvalue weighted by molar-refractivity contribution is 7.85. The number of thiazole rings is 1. The fraction of sp³-hybridized carbons (Fsp3) is 0.118. The lowest BCUT2D eigenvalue weighted by molar-refractivity contribution is 0.251. The minimum Gasteiger partial charge on any atom is -0.508 e. The third kappa shape index (κ3) is 8.12. The molecule has 0 saturated carbocycles. The zero-order valence-electron chi connectivity index (χ0n) is 14.7. The lowest BCUT2D eigenvalue weighted by Gasteiger charge is -2.05. The van der Waals surface area contributed by atoms with E-state index < -0.39 is 10.1 Å². The van der Waals surface area contributed by atoms with Gasteiger partial charge < -0.3 is 10.4 Å². The Bertz CT molecular complexity index is 1010. The molecule has 0 spiro atoms. The second-order valence-corrected chi connectivity index (χ2v) is 7.81. The molecule has 9 nitrogen and oxygen atoms in total. The van der Waals surface area contributed by atoms with Crippen molar-refractivity contribution in [3.8, 4) is 17.0 Å². The molecule has 11 heteroatoms. The van der Waals surface area contributed by atoms with Crippen molar-refractivity contribution in [2.45, 2.75) is 6.54 Å². The molecule has 148 valence electrons. The van der Waals surface area contributed by atoms with Crippen LogP contribution in [0.25, 0.3) is 11.3 Å². The van der Waals surface area contributed by atoms with E-state index in [1.807, 2.05) is 23.6 Å². The Balaban J connectivity index is 0.000000500. The monoisotopic (exact) mass is 422 g/mol. The number of phenolic OH excluding ortho intramolecular Hbond substituents is 1. The Morgan fingerprint density at radius 1 is 1.21 bits per heavy atom. The fourth-order valence-corrected chi connectivity index (χ4v) is 2.69. The molecule has 0 aliphatic carbocycles. The van der Waals surface area contributed by atoms with E-state index in [2.05, 4.69) is 20.6 Å². The average Bonchev–Trinajstić information content (AvgIpc) is 3.08. The molecule has 0 unspecified atom stereocenters. The van der Waals surface area contributed by atoms with Crippen molar-refractivity contribution in [3.05, 3.63) is 59.7 Å². The number of nitrogens with one attached hydrogen (secondary N) is 2. The van der Waals surface area contributed by atoms with Crippen LogP contribution in [-0.2, 0) is 16.7 Å². The molecular weight excluding hydrogens is 404 g/mol. The lowest BCUT2D eigenvalue weighted by atomic mass is 10.2.